The standard InChI is InChI=1S/C13H14O3/c1-13(2,12(14)15)8-9-3-4-10-5-6-16-11(10)7-9/h3-7H,8H2,1-2H3,(H,14,15). The third-order valence-electron chi connectivity index (χ3n) is 2.75. The van der Waals surface area contributed by atoms with E-state index >= 15 is 0 Å². The summed E-state index contributed by atoms with van der Waals surface area (Å²) in [7, 11) is 0. The van der Waals surface area contributed by atoms with Crippen molar-refractivity contribution < 1.29 is 14.3 Å². The molecule has 0 spiro atoms. The molecule has 0 aliphatic carbocycles. The van der Waals surface area contributed by atoms with E-state index in [2.05, 4.69) is 0 Å². The summed E-state index contributed by atoms with van der Waals surface area (Å²) in [5.74, 6) is -0.785. The summed E-state index contributed by atoms with van der Waals surface area (Å²) >= 11 is 0. The van der Waals surface area contributed by atoms with Crippen LogP contribution in [-0.2, 0) is 11.2 Å². The first kappa shape index (κ1) is 10.7. The van der Waals surface area contributed by atoms with Crippen LogP contribution in [0.2, 0.25) is 0 Å². The SMILES string of the molecule is CC(C)(Cc1ccc2ccoc2c1)C(=O)O. The fourth-order valence-electron chi connectivity index (χ4n) is 1.70. The van der Waals surface area contributed by atoms with Crippen molar-refractivity contribution in [1.82, 2.24) is 0 Å². The van der Waals surface area contributed by atoms with Crippen molar-refractivity contribution in [2.24, 2.45) is 5.41 Å². The number of rotatable bonds is 3. The molecule has 3 heteroatoms. The van der Waals surface area contributed by atoms with Crippen LogP contribution in [0.5, 0.6) is 0 Å². The number of furan rings is 1. The maximum absolute atomic E-state index is 11.0. The van der Waals surface area contributed by atoms with Gasteiger partial charge >= 0.3 is 5.97 Å². The van der Waals surface area contributed by atoms with Crippen molar-refractivity contribution in [3.05, 3.63) is 36.1 Å². The third kappa shape index (κ3) is 1.94. The maximum atomic E-state index is 11.0. The molecule has 0 bridgehead atoms. The molecule has 0 atom stereocenters. The largest absolute Gasteiger partial charge is 0.481 e. The molecule has 16 heavy (non-hydrogen) atoms. The Hall–Kier alpha value is -1.77. The number of fused-ring (bicyclic) bond motifs is 1. The van der Waals surface area contributed by atoms with E-state index in [0.29, 0.717) is 6.42 Å². The Labute approximate surface area is 93.7 Å². The van der Waals surface area contributed by atoms with Crippen LogP contribution in [0.1, 0.15) is 19.4 Å². The normalized spacial score (nSPS) is 11.9. The molecule has 1 aromatic heterocycles. The summed E-state index contributed by atoms with van der Waals surface area (Å²) < 4.78 is 5.29. The lowest BCUT2D eigenvalue weighted by molar-refractivity contribution is -0.146. The van der Waals surface area contributed by atoms with Crippen molar-refractivity contribution in [3.63, 3.8) is 0 Å². The summed E-state index contributed by atoms with van der Waals surface area (Å²) in [4.78, 5) is 11.0. The van der Waals surface area contributed by atoms with Crippen LogP contribution >= 0.6 is 0 Å². The lowest BCUT2D eigenvalue weighted by Gasteiger charge is -2.18. The van der Waals surface area contributed by atoms with Crippen molar-refractivity contribution in [2.45, 2.75) is 20.3 Å². The molecule has 1 N–H and O–H groups in total. The van der Waals surface area contributed by atoms with Gasteiger partial charge in [-0.25, -0.2) is 0 Å². The lowest BCUT2D eigenvalue weighted by atomic mass is 9.86. The van der Waals surface area contributed by atoms with Gasteiger partial charge in [0.25, 0.3) is 0 Å². The summed E-state index contributed by atoms with van der Waals surface area (Å²) in [6, 6.07) is 7.69. The molecule has 0 radical (unpaired) electrons. The Balaban J connectivity index is 2.30. The highest BCUT2D eigenvalue weighted by Crippen LogP contribution is 2.25. The van der Waals surface area contributed by atoms with Gasteiger partial charge in [-0.15, -0.1) is 0 Å². The number of carbonyl (C=O) groups is 1. The predicted octanol–water partition coefficient (Wildman–Crippen LogP) is 3.09. The highest BCUT2D eigenvalue weighted by atomic mass is 16.4. The molecule has 0 unspecified atom stereocenters. The van der Waals surface area contributed by atoms with Gasteiger partial charge in [0.15, 0.2) is 0 Å². The van der Waals surface area contributed by atoms with Crippen molar-refractivity contribution in [3.8, 4) is 0 Å². The first-order chi connectivity index (χ1) is 7.49. The molecule has 2 rings (SSSR count). The number of carboxylic acids is 1. The fraction of sp³-hybridized carbons (Fsp3) is 0.308. The molecule has 0 fully saturated rings. The second kappa shape index (κ2) is 3.67. The van der Waals surface area contributed by atoms with E-state index in [-0.39, 0.29) is 0 Å². The van der Waals surface area contributed by atoms with Gasteiger partial charge in [-0.05, 0) is 38.0 Å². The molecule has 0 aliphatic rings. The Kier molecular flexibility index (Phi) is 2.46. The molecule has 1 aromatic carbocycles. The molecule has 0 saturated carbocycles. The van der Waals surface area contributed by atoms with Gasteiger partial charge in [0.2, 0.25) is 0 Å². The molecule has 0 aliphatic heterocycles. The summed E-state index contributed by atoms with van der Waals surface area (Å²) in [6.07, 6.45) is 2.13. The molecule has 1 heterocycles. The Bertz CT molecular complexity index is 523. The zero-order valence-corrected chi connectivity index (χ0v) is 9.36. The van der Waals surface area contributed by atoms with Crippen LogP contribution in [0.4, 0.5) is 0 Å². The van der Waals surface area contributed by atoms with E-state index in [1.807, 2.05) is 24.3 Å². The summed E-state index contributed by atoms with van der Waals surface area (Å²) in [5.41, 5.74) is 1.04. The second-order valence-corrected chi connectivity index (χ2v) is 4.66. The fourth-order valence-corrected chi connectivity index (χ4v) is 1.70. The van der Waals surface area contributed by atoms with Gasteiger partial charge in [0.05, 0.1) is 11.7 Å². The minimum Gasteiger partial charge on any atom is -0.481 e. The number of hydrogen-bond donors (Lipinski definition) is 1. The molecule has 3 nitrogen and oxygen atoms in total. The monoisotopic (exact) mass is 218 g/mol. The second-order valence-electron chi connectivity index (χ2n) is 4.66. The third-order valence-corrected chi connectivity index (χ3v) is 2.75. The van der Waals surface area contributed by atoms with Crippen LogP contribution in [0, 0.1) is 5.41 Å². The van der Waals surface area contributed by atoms with Crippen LogP contribution in [0.25, 0.3) is 11.0 Å². The molecule has 0 saturated heterocycles. The number of carboxylic acid groups (broad SMARTS) is 1. The highest BCUT2D eigenvalue weighted by molar-refractivity contribution is 5.78. The average Bonchev–Trinajstić information content (AvgIpc) is 2.63. The van der Waals surface area contributed by atoms with Gasteiger partial charge < -0.3 is 9.52 Å². The van der Waals surface area contributed by atoms with E-state index in [9.17, 15) is 4.79 Å². The molecule has 2 aromatic rings. The molecular formula is C13H14O3. The maximum Gasteiger partial charge on any atom is 0.309 e. The minimum atomic E-state index is -0.785. The van der Waals surface area contributed by atoms with E-state index < -0.39 is 11.4 Å². The van der Waals surface area contributed by atoms with Crippen LogP contribution in [-0.4, -0.2) is 11.1 Å². The van der Waals surface area contributed by atoms with E-state index in [1.54, 1.807) is 20.1 Å². The summed E-state index contributed by atoms with van der Waals surface area (Å²) in [5, 5.41) is 10.1. The zero-order valence-electron chi connectivity index (χ0n) is 9.36. The molecule has 84 valence electrons. The average molecular weight is 218 g/mol. The lowest BCUT2D eigenvalue weighted by Crippen LogP contribution is -2.26. The zero-order chi connectivity index (χ0) is 11.8. The van der Waals surface area contributed by atoms with E-state index in [0.717, 1.165) is 16.5 Å². The van der Waals surface area contributed by atoms with Gasteiger partial charge in [0, 0.05) is 5.39 Å². The summed E-state index contributed by atoms with van der Waals surface area (Å²) in [6.45, 7) is 3.45. The van der Waals surface area contributed by atoms with E-state index in [4.69, 9.17) is 9.52 Å². The highest BCUT2D eigenvalue weighted by Gasteiger charge is 2.27. The minimum absolute atomic E-state index is 0.499. The first-order valence-electron chi connectivity index (χ1n) is 5.18. The predicted molar refractivity (Wildman–Crippen MR) is 61.3 cm³/mol. The Morgan fingerprint density at radius 3 is 2.81 bits per heavy atom. The topological polar surface area (TPSA) is 50.4 Å². The Morgan fingerprint density at radius 2 is 2.12 bits per heavy atom. The van der Waals surface area contributed by atoms with Crippen LogP contribution in [0.15, 0.2) is 34.9 Å². The number of aliphatic carboxylic acids is 1. The Morgan fingerprint density at radius 1 is 1.38 bits per heavy atom. The number of benzene rings is 1. The van der Waals surface area contributed by atoms with Crippen LogP contribution in [0.3, 0.4) is 0 Å². The van der Waals surface area contributed by atoms with Gasteiger partial charge in [-0.2, -0.15) is 0 Å². The molecular weight excluding hydrogens is 204 g/mol. The van der Waals surface area contributed by atoms with E-state index in [1.165, 1.54) is 0 Å². The van der Waals surface area contributed by atoms with Crippen molar-refractivity contribution in [1.29, 1.82) is 0 Å². The van der Waals surface area contributed by atoms with Gasteiger partial charge in [0.1, 0.15) is 5.58 Å². The molecule has 0 amide bonds. The smallest absolute Gasteiger partial charge is 0.309 e. The van der Waals surface area contributed by atoms with Crippen molar-refractivity contribution in [2.75, 3.05) is 0 Å². The van der Waals surface area contributed by atoms with Gasteiger partial charge in [-0.1, -0.05) is 12.1 Å². The number of hydrogen-bond acceptors (Lipinski definition) is 2. The van der Waals surface area contributed by atoms with Gasteiger partial charge in [-0.3, -0.25) is 4.79 Å². The van der Waals surface area contributed by atoms with Crippen LogP contribution < -0.4 is 0 Å². The quantitative estimate of drug-likeness (QED) is 0.861. The van der Waals surface area contributed by atoms with Crippen molar-refractivity contribution >= 4 is 16.9 Å². The first-order valence-corrected chi connectivity index (χ1v) is 5.18.